The summed E-state index contributed by atoms with van der Waals surface area (Å²) in [5.74, 6) is -1.22. The van der Waals surface area contributed by atoms with E-state index in [9.17, 15) is 9.18 Å². The van der Waals surface area contributed by atoms with E-state index in [4.69, 9.17) is 9.84 Å². The molecule has 19 heavy (non-hydrogen) atoms. The van der Waals surface area contributed by atoms with E-state index in [1.165, 1.54) is 12.1 Å². The van der Waals surface area contributed by atoms with Gasteiger partial charge >= 0.3 is 5.97 Å². The molecule has 0 saturated carbocycles. The Morgan fingerprint density at radius 2 is 2.00 bits per heavy atom. The van der Waals surface area contributed by atoms with Gasteiger partial charge in [-0.1, -0.05) is 24.3 Å². The molecule has 0 fully saturated rings. The number of benzene rings is 2. The van der Waals surface area contributed by atoms with Gasteiger partial charge in [0, 0.05) is 0 Å². The number of aromatic carboxylic acids is 1. The van der Waals surface area contributed by atoms with Crippen molar-refractivity contribution >= 4 is 5.97 Å². The molecule has 0 amide bonds. The third-order valence-corrected chi connectivity index (χ3v) is 2.72. The molecule has 0 radical (unpaired) electrons. The van der Waals surface area contributed by atoms with E-state index < -0.39 is 11.8 Å². The molecule has 0 spiro atoms. The zero-order valence-corrected chi connectivity index (χ0v) is 10.4. The van der Waals surface area contributed by atoms with E-state index >= 15 is 0 Å². The number of carbonyl (C=O) groups is 1. The Morgan fingerprint density at radius 1 is 1.26 bits per heavy atom. The average molecular weight is 260 g/mol. The smallest absolute Gasteiger partial charge is 0.335 e. The fraction of sp³-hybridized carbons (Fsp3) is 0.133. The summed E-state index contributed by atoms with van der Waals surface area (Å²) in [4.78, 5) is 10.8. The monoisotopic (exact) mass is 260 g/mol. The van der Waals surface area contributed by atoms with Crippen LogP contribution in [0, 0.1) is 12.7 Å². The molecule has 0 aliphatic heterocycles. The normalized spacial score (nSPS) is 10.2. The lowest BCUT2D eigenvalue weighted by molar-refractivity contribution is 0.0696. The lowest BCUT2D eigenvalue weighted by Crippen LogP contribution is -2.01. The number of ether oxygens (including phenoxy) is 1. The second kappa shape index (κ2) is 5.52. The van der Waals surface area contributed by atoms with Gasteiger partial charge in [0.15, 0.2) is 11.6 Å². The summed E-state index contributed by atoms with van der Waals surface area (Å²) in [5, 5.41) is 8.87. The van der Waals surface area contributed by atoms with Crippen LogP contribution < -0.4 is 4.74 Å². The minimum absolute atomic E-state index is 0.126. The van der Waals surface area contributed by atoms with Crippen molar-refractivity contribution in [2.75, 3.05) is 0 Å². The summed E-state index contributed by atoms with van der Waals surface area (Å²) >= 11 is 0. The molecule has 4 heteroatoms. The molecular formula is C15H13FO3. The van der Waals surface area contributed by atoms with Gasteiger partial charge in [-0.2, -0.15) is 0 Å². The molecular weight excluding hydrogens is 247 g/mol. The van der Waals surface area contributed by atoms with Crippen LogP contribution in [0.1, 0.15) is 21.5 Å². The van der Waals surface area contributed by atoms with E-state index in [1.54, 1.807) is 37.3 Å². The van der Waals surface area contributed by atoms with Crippen LogP contribution in [0.3, 0.4) is 0 Å². The first-order valence-corrected chi connectivity index (χ1v) is 5.78. The predicted molar refractivity (Wildman–Crippen MR) is 68.9 cm³/mol. The van der Waals surface area contributed by atoms with Crippen LogP contribution in [0.2, 0.25) is 0 Å². The van der Waals surface area contributed by atoms with Crippen molar-refractivity contribution in [2.45, 2.75) is 13.5 Å². The first kappa shape index (κ1) is 13.1. The number of carboxylic acid groups (broad SMARTS) is 1. The molecule has 0 heterocycles. The fourth-order valence-corrected chi connectivity index (χ4v) is 1.69. The van der Waals surface area contributed by atoms with Crippen molar-refractivity contribution in [1.82, 2.24) is 0 Å². The Labute approximate surface area is 110 Å². The van der Waals surface area contributed by atoms with Crippen LogP contribution in [0.4, 0.5) is 4.39 Å². The van der Waals surface area contributed by atoms with Gasteiger partial charge in [-0.05, 0) is 36.2 Å². The van der Waals surface area contributed by atoms with E-state index in [2.05, 4.69) is 0 Å². The largest absolute Gasteiger partial charge is 0.486 e. The van der Waals surface area contributed by atoms with Crippen LogP contribution in [-0.2, 0) is 6.61 Å². The van der Waals surface area contributed by atoms with Gasteiger partial charge < -0.3 is 9.84 Å². The van der Waals surface area contributed by atoms with Gasteiger partial charge in [0.25, 0.3) is 0 Å². The maximum absolute atomic E-state index is 13.7. The first-order valence-electron chi connectivity index (χ1n) is 5.78. The van der Waals surface area contributed by atoms with Gasteiger partial charge in [-0.25, -0.2) is 9.18 Å². The third kappa shape index (κ3) is 3.10. The number of halogens is 1. The summed E-state index contributed by atoms with van der Waals surface area (Å²) in [5.41, 5.74) is 1.38. The van der Waals surface area contributed by atoms with Gasteiger partial charge in [0.2, 0.25) is 0 Å². The van der Waals surface area contributed by atoms with Crippen LogP contribution in [0.15, 0.2) is 42.5 Å². The zero-order chi connectivity index (χ0) is 13.8. The van der Waals surface area contributed by atoms with Crippen molar-refractivity contribution in [3.05, 3.63) is 65.0 Å². The molecule has 98 valence electrons. The molecule has 0 saturated heterocycles. The molecule has 2 rings (SSSR count). The van der Waals surface area contributed by atoms with Crippen LogP contribution in [0.25, 0.3) is 0 Å². The highest BCUT2D eigenvalue weighted by atomic mass is 19.1. The van der Waals surface area contributed by atoms with E-state index in [-0.39, 0.29) is 17.9 Å². The van der Waals surface area contributed by atoms with Crippen molar-refractivity contribution in [3.8, 4) is 5.75 Å². The summed E-state index contributed by atoms with van der Waals surface area (Å²) in [6, 6.07) is 11.3. The molecule has 0 atom stereocenters. The third-order valence-electron chi connectivity index (χ3n) is 2.72. The number of carboxylic acids is 1. The molecule has 2 aromatic carbocycles. The SMILES string of the molecule is Cc1cccc(OCc2cccc(C(=O)O)c2)c1F. The highest BCUT2D eigenvalue weighted by molar-refractivity contribution is 5.87. The summed E-state index contributed by atoms with van der Waals surface area (Å²) < 4.78 is 19.1. The number of hydrogen-bond donors (Lipinski definition) is 1. The average Bonchev–Trinajstić information content (AvgIpc) is 2.41. The molecule has 1 N–H and O–H groups in total. The maximum Gasteiger partial charge on any atom is 0.335 e. The maximum atomic E-state index is 13.7. The van der Waals surface area contributed by atoms with E-state index in [0.717, 1.165) is 0 Å². The fourth-order valence-electron chi connectivity index (χ4n) is 1.69. The van der Waals surface area contributed by atoms with Crippen molar-refractivity contribution in [1.29, 1.82) is 0 Å². The second-order valence-electron chi connectivity index (χ2n) is 4.18. The highest BCUT2D eigenvalue weighted by Crippen LogP contribution is 2.21. The Hall–Kier alpha value is -2.36. The summed E-state index contributed by atoms with van der Waals surface area (Å²) in [6.45, 7) is 1.79. The second-order valence-corrected chi connectivity index (χ2v) is 4.18. The number of hydrogen-bond acceptors (Lipinski definition) is 2. The van der Waals surface area contributed by atoms with E-state index in [1.807, 2.05) is 0 Å². The van der Waals surface area contributed by atoms with Crippen LogP contribution in [0.5, 0.6) is 5.75 Å². The standard InChI is InChI=1S/C15H13FO3/c1-10-4-2-7-13(14(10)16)19-9-11-5-3-6-12(8-11)15(17)18/h2-8H,9H2,1H3,(H,17,18). The number of aryl methyl sites for hydroxylation is 1. The van der Waals surface area contributed by atoms with Gasteiger partial charge in [-0.3, -0.25) is 0 Å². The lowest BCUT2D eigenvalue weighted by atomic mass is 10.1. The molecule has 0 aliphatic rings. The molecule has 0 aromatic heterocycles. The Bertz CT molecular complexity index is 608. The molecule has 0 aliphatic carbocycles. The Kier molecular flexibility index (Phi) is 3.80. The minimum Gasteiger partial charge on any atom is -0.486 e. The van der Waals surface area contributed by atoms with Crippen LogP contribution >= 0.6 is 0 Å². The predicted octanol–water partition coefficient (Wildman–Crippen LogP) is 3.41. The van der Waals surface area contributed by atoms with Crippen LogP contribution in [-0.4, -0.2) is 11.1 Å². The topological polar surface area (TPSA) is 46.5 Å². The first-order chi connectivity index (χ1) is 9.08. The lowest BCUT2D eigenvalue weighted by Gasteiger charge is -2.09. The van der Waals surface area contributed by atoms with Gasteiger partial charge in [0.05, 0.1) is 5.56 Å². The highest BCUT2D eigenvalue weighted by Gasteiger charge is 2.07. The van der Waals surface area contributed by atoms with Crippen molar-refractivity contribution in [2.24, 2.45) is 0 Å². The molecule has 0 unspecified atom stereocenters. The van der Waals surface area contributed by atoms with Gasteiger partial charge in [0.1, 0.15) is 6.61 Å². The van der Waals surface area contributed by atoms with Gasteiger partial charge in [-0.15, -0.1) is 0 Å². The van der Waals surface area contributed by atoms with Crippen molar-refractivity contribution < 1.29 is 19.0 Å². The summed E-state index contributed by atoms with van der Waals surface area (Å²) in [7, 11) is 0. The quantitative estimate of drug-likeness (QED) is 0.916. The summed E-state index contributed by atoms with van der Waals surface area (Å²) in [6.07, 6.45) is 0. The molecule has 3 nitrogen and oxygen atoms in total. The van der Waals surface area contributed by atoms with E-state index in [0.29, 0.717) is 11.1 Å². The van der Waals surface area contributed by atoms with Crippen molar-refractivity contribution in [3.63, 3.8) is 0 Å². The minimum atomic E-state index is -0.997. The number of rotatable bonds is 4. The molecule has 0 bridgehead atoms. The Balaban J connectivity index is 2.12. The molecule has 2 aromatic rings. The zero-order valence-electron chi connectivity index (χ0n) is 10.4. The Morgan fingerprint density at radius 3 is 2.74 bits per heavy atom.